The average molecular weight is 1080 g/mol. The van der Waals surface area contributed by atoms with Crippen molar-refractivity contribution in [1.82, 2.24) is 5.32 Å². The highest BCUT2D eigenvalue weighted by molar-refractivity contribution is 5.94. The maximum absolute atomic E-state index is 15.6. The van der Waals surface area contributed by atoms with Crippen LogP contribution in [-0.4, -0.2) is 110 Å². The van der Waals surface area contributed by atoms with Gasteiger partial charge in [-0.1, -0.05) is 142 Å². The lowest BCUT2D eigenvalue weighted by atomic mass is 9.44. The number of esters is 3. The van der Waals surface area contributed by atoms with Crippen molar-refractivity contribution in [2.45, 2.75) is 179 Å². The Balaban J connectivity index is 1.24. The number of allylic oxidation sites excluding steroid dienone is 12. The second-order valence-corrected chi connectivity index (χ2v) is 22.4. The molecule has 0 aromatic heterocycles. The van der Waals surface area contributed by atoms with Crippen LogP contribution in [0.1, 0.15) is 142 Å². The number of Topliss-reactive ketones (excluding diaryl/α,β-unsaturated/α-hetero) is 1. The van der Waals surface area contributed by atoms with Crippen molar-refractivity contribution in [2.75, 3.05) is 6.61 Å². The second-order valence-electron chi connectivity index (χ2n) is 22.4. The SMILES string of the molecule is CC/C=C\C/C=C\C/C=C\C/C=C\C/C=C\C/C=C\CCC(=O)OC1CC2OC[C@@]2(O)C2C(OC(=O)c3ccccc3)C3(O)CC(OC(=O)C(O)C(NC(=O)OC(C)(C)C)c4ccccc4)C(C)=C(C(O)C(=O)C12C)C3(C)C. The maximum Gasteiger partial charge on any atom is 0.408 e. The largest absolute Gasteiger partial charge is 0.461 e. The minimum atomic E-state index is -2.39. The summed E-state index contributed by atoms with van der Waals surface area (Å²) < 4.78 is 30.1. The lowest BCUT2D eigenvalue weighted by molar-refractivity contribution is -0.344. The fourth-order valence-corrected chi connectivity index (χ4v) is 11.4. The Morgan fingerprint density at radius 2 is 1.32 bits per heavy atom. The van der Waals surface area contributed by atoms with Gasteiger partial charge in [-0.2, -0.15) is 0 Å². The molecule has 3 aliphatic carbocycles. The van der Waals surface area contributed by atoms with Crippen molar-refractivity contribution >= 4 is 29.8 Å². The number of amides is 1. The number of fused-ring (bicyclic) bond motifs is 5. The third kappa shape index (κ3) is 14.0. The number of benzene rings is 2. The minimum Gasteiger partial charge on any atom is -0.461 e. The lowest BCUT2D eigenvalue weighted by Gasteiger charge is -2.67. The highest BCUT2D eigenvalue weighted by atomic mass is 16.6. The van der Waals surface area contributed by atoms with Gasteiger partial charge < -0.3 is 49.4 Å². The predicted molar refractivity (Wildman–Crippen MR) is 295 cm³/mol. The molecule has 4 aliphatic rings. The minimum absolute atomic E-state index is 0.0674. The van der Waals surface area contributed by atoms with Gasteiger partial charge in [0.1, 0.15) is 41.2 Å². The topological polar surface area (TPSA) is 224 Å². The van der Waals surface area contributed by atoms with E-state index >= 15 is 4.79 Å². The van der Waals surface area contributed by atoms with Crippen LogP contribution in [0.2, 0.25) is 0 Å². The molecule has 1 amide bonds. The van der Waals surface area contributed by atoms with Crippen molar-refractivity contribution in [1.29, 1.82) is 0 Å². The van der Waals surface area contributed by atoms with Gasteiger partial charge in [0.2, 0.25) is 0 Å². The highest BCUT2D eigenvalue weighted by Crippen LogP contribution is 2.64. The first kappa shape index (κ1) is 61.0. The summed E-state index contributed by atoms with van der Waals surface area (Å²) in [5.41, 5.74) is -8.51. The van der Waals surface area contributed by atoms with E-state index in [1.807, 2.05) is 18.2 Å². The predicted octanol–water partition coefficient (Wildman–Crippen LogP) is 9.72. The Morgan fingerprint density at radius 3 is 1.85 bits per heavy atom. The van der Waals surface area contributed by atoms with E-state index in [4.69, 9.17) is 23.7 Å². The summed E-state index contributed by atoms with van der Waals surface area (Å²) in [7, 11) is 0. The maximum atomic E-state index is 15.6. The first-order chi connectivity index (χ1) is 37.0. The van der Waals surface area contributed by atoms with Crippen LogP contribution in [0.25, 0.3) is 0 Å². The van der Waals surface area contributed by atoms with Crippen LogP contribution in [-0.2, 0) is 38.1 Å². The first-order valence-electron chi connectivity index (χ1n) is 27.3. The van der Waals surface area contributed by atoms with Crippen LogP contribution >= 0.6 is 0 Å². The Bertz CT molecular complexity index is 2630. The third-order valence-corrected chi connectivity index (χ3v) is 15.6. The van der Waals surface area contributed by atoms with Gasteiger partial charge in [0, 0.05) is 30.6 Å². The molecule has 2 saturated carbocycles. The van der Waals surface area contributed by atoms with Crippen LogP contribution in [0.3, 0.4) is 0 Å². The molecular formula is C63H81NO14. The van der Waals surface area contributed by atoms with Gasteiger partial charge in [-0.3, -0.25) is 9.59 Å². The highest BCUT2D eigenvalue weighted by Gasteiger charge is 2.77. The van der Waals surface area contributed by atoms with E-state index in [9.17, 15) is 39.6 Å². The summed E-state index contributed by atoms with van der Waals surface area (Å²) in [4.78, 5) is 71.2. The number of rotatable bonds is 22. The van der Waals surface area contributed by atoms with Crippen molar-refractivity contribution in [3.8, 4) is 0 Å². The Morgan fingerprint density at radius 1 is 0.782 bits per heavy atom. The molecule has 11 atom stereocenters. The molecule has 10 unspecified atom stereocenters. The van der Waals surface area contributed by atoms with Crippen LogP contribution < -0.4 is 5.32 Å². The standard InChI is InChI=1S/C63H81NO14/c1-9-10-11-12-13-14-15-16-17-18-19-20-21-22-23-24-25-26-33-38-48(65)76-46-39-47-62(72,41-74-47)53-55(77-56(69)44-36-31-28-32-37-44)63(73)40-45(42(2)49(60(63,6)7)51(66)54(68)61(46,53)8)75-57(70)52(67)50(43-34-29-27-30-35-43)64-58(71)78-59(3,4)5/h10-11,13-14,16-17,19-20,22-23,25-32,34-37,45-47,50-53,55,66-67,72-73H,9,12,15,18,21,24,33,38-41H2,1-8H3,(H,64,71)/b11-10-,14-13-,17-16-,20-19-,23-22-,26-25-/t45?,46?,47?,50?,51?,52?,53?,55?,61?,62-,63?/m0/s1. The zero-order valence-electron chi connectivity index (χ0n) is 46.5. The van der Waals surface area contributed by atoms with Gasteiger partial charge >= 0.3 is 24.0 Å². The molecule has 1 saturated heterocycles. The monoisotopic (exact) mass is 1080 g/mol. The molecule has 0 radical (unpaired) electrons. The Labute approximate surface area is 459 Å². The van der Waals surface area contributed by atoms with Gasteiger partial charge in [0.25, 0.3) is 0 Å². The number of ketones is 1. The van der Waals surface area contributed by atoms with Crippen LogP contribution in [0.15, 0.2) is 145 Å². The summed E-state index contributed by atoms with van der Waals surface area (Å²) in [6.45, 7) is 12.8. The molecule has 15 heteroatoms. The summed E-state index contributed by atoms with van der Waals surface area (Å²) in [5.74, 6) is -5.33. The molecular weight excluding hydrogens is 995 g/mol. The van der Waals surface area contributed by atoms with Crippen molar-refractivity contribution in [3.63, 3.8) is 0 Å². The zero-order chi connectivity index (χ0) is 56.9. The number of aliphatic hydroxyl groups excluding tert-OH is 2. The first-order valence-corrected chi connectivity index (χ1v) is 27.3. The molecule has 78 heavy (non-hydrogen) atoms. The molecule has 2 aromatic rings. The summed E-state index contributed by atoms with van der Waals surface area (Å²) in [6.07, 6.45) is 19.1. The molecule has 5 N–H and O–H groups in total. The number of alkyl carbamates (subject to hydrolysis) is 1. The van der Waals surface area contributed by atoms with Crippen LogP contribution in [0, 0.1) is 16.7 Å². The second kappa shape index (κ2) is 26.6. The van der Waals surface area contributed by atoms with E-state index in [1.54, 1.807) is 83.1 Å². The average Bonchev–Trinajstić information content (AvgIpc) is 3.30. The fourth-order valence-electron chi connectivity index (χ4n) is 11.4. The molecule has 2 bridgehead atoms. The number of hydrogen-bond donors (Lipinski definition) is 5. The van der Waals surface area contributed by atoms with Crippen molar-refractivity contribution < 1.29 is 68.1 Å². The smallest absolute Gasteiger partial charge is 0.408 e. The zero-order valence-corrected chi connectivity index (χ0v) is 46.5. The van der Waals surface area contributed by atoms with Gasteiger partial charge in [0.15, 0.2) is 11.9 Å². The van der Waals surface area contributed by atoms with E-state index in [0.29, 0.717) is 18.4 Å². The van der Waals surface area contributed by atoms with Crippen molar-refractivity contribution in [2.24, 2.45) is 16.7 Å². The molecule has 2 aromatic carbocycles. The molecule has 3 fully saturated rings. The van der Waals surface area contributed by atoms with Crippen LogP contribution in [0.5, 0.6) is 0 Å². The van der Waals surface area contributed by atoms with Gasteiger partial charge in [-0.15, -0.1) is 0 Å². The van der Waals surface area contributed by atoms with Gasteiger partial charge in [0.05, 0.1) is 29.7 Å². The number of ether oxygens (including phenoxy) is 5. The Kier molecular flexibility index (Phi) is 20.8. The number of nitrogens with one attached hydrogen (secondary N) is 1. The molecule has 6 rings (SSSR count). The molecule has 422 valence electrons. The fraction of sp³-hybridized carbons (Fsp3) is 0.508. The summed E-state index contributed by atoms with van der Waals surface area (Å²) >= 11 is 0. The molecule has 15 nitrogen and oxygen atoms in total. The van der Waals surface area contributed by atoms with E-state index in [2.05, 4.69) is 66.9 Å². The van der Waals surface area contributed by atoms with Gasteiger partial charge in [-0.05, 0) is 108 Å². The number of aliphatic hydroxyl groups is 4. The lowest BCUT2D eigenvalue weighted by Crippen LogP contribution is -2.81. The normalized spacial score (nSPS) is 28.7. The Hall–Kier alpha value is -6.23. The number of carbonyl (C=O) groups excluding carboxylic acids is 5. The van der Waals surface area contributed by atoms with E-state index in [-0.39, 0.29) is 36.2 Å². The molecule has 1 heterocycles. The molecule has 0 spiro atoms. The van der Waals surface area contributed by atoms with E-state index in [0.717, 1.165) is 32.1 Å². The number of carbonyl (C=O) groups is 5. The molecule has 1 aliphatic heterocycles. The van der Waals surface area contributed by atoms with Crippen molar-refractivity contribution in [3.05, 3.63) is 156 Å². The number of hydrogen-bond acceptors (Lipinski definition) is 14. The quantitative estimate of drug-likeness (QED) is 0.0421. The van der Waals surface area contributed by atoms with Crippen LogP contribution in [0.4, 0.5) is 4.79 Å². The summed E-state index contributed by atoms with van der Waals surface area (Å²) in [5, 5.41) is 53.4. The van der Waals surface area contributed by atoms with E-state index < -0.39 is 112 Å². The summed E-state index contributed by atoms with van der Waals surface area (Å²) in [6, 6.07) is 14.7. The van der Waals surface area contributed by atoms with Gasteiger partial charge in [-0.25, -0.2) is 14.4 Å². The van der Waals surface area contributed by atoms with E-state index in [1.165, 1.54) is 26.0 Å². The third-order valence-electron chi connectivity index (χ3n) is 15.6.